The van der Waals surface area contributed by atoms with Crippen LogP contribution in [0.3, 0.4) is 0 Å². The van der Waals surface area contributed by atoms with Crippen LogP contribution in [-0.2, 0) is 6.42 Å². The zero-order valence-corrected chi connectivity index (χ0v) is 9.58. The standard InChI is InChI=1S/C13H18O2/c1-4-5-10-6-8-11(9-7-10)12(14)13(2,3)15/h6-9,15H,4-5H2,1-3H3. The average molecular weight is 206 g/mol. The van der Waals surface area contributed by atoms with E-state index in [-0.39, 0.29) is 5.78 Å². The molecule has 0 aromatic heterocycles. The highest BCUT2D eigenvalue weighted by molar-refractivity contribution is 6.01. The van der Waals surface area contributed by atoms with Crippen molar-refractivity contribution in [2.24, 2.45) is 0 Å². The van der Waals surface area contributed by atoms with Crippen LogP contribution in [0, 0.1) is 0 Å². The summed E-state index contributed by atoms with van der Waals surface area (Å²) in [7, 11) is 0. The lowest BCUT2D eigenvalue weighted by atomic mass is 9.96. The molecule has 2 nitrogen and oxygen atoms in total. The number of aryl methyl sites for hydroxylation is 1. The molecule has 0 aliphatic heterocycles. The third kappa shape index (κ3) is 3.17. The molecule has 82 valence electrons. The Morgan fingerprint density at radius 2 is 1.80 bits per heavy atom. The Kier molecular flexibility index (Phi) is 3.64. The summed E-state index contributed by atoms with van der Waals surface area (Å²) < 4.78 is 0. The molecule has 0 unspecified atom stereocenters. The van der Waals surface area contributed by atoms with Crippen LogP contribution in [0.5, 0.6) is 0 Å². The van der Waals surface area contributed by atoms with Gasteiger partial charge in [-0.3, -0.25) is 4.79 Å². The summed E-state index contributed by atoms with van der Waals surface area (Å²) in [5.74, 6) is -0.231. The molecule has 0 saturated heterocycles. The van der Waals surface area contributed by atoms with E-state index in [1.807, 2.05) is 12.1 Å². The van der Waals surface area contributed by atoms with E-state index in [4.69, 9.17) is 0 Å². The van der Waals surface area contributed by atoms with Crippen molar-refractivity contribution in [2.45, 2.75) is 39.2 Å². The van der Waals surface area contributed by atoms with Crippen LogP contribution < -0.4 is 0 Å². The van der Waals surface area contributed by atoms with Gasteiger partial charge in [0.05, 0.1) is 0 Å². The van der Waals surface area contributed by atoms with Gasteiger partial charge in [0.1, 0.15) is 5.60 Å². The number of hydrogen-bond acceptors (Lipinski definition) is 2. The monoisotopic (exact) mass is 206 g/mol. The molecule has 0 fully saturated rings. The van der Waals surface area contributed by atoms with Crippen molar-refractivity contribution >= 4 is 5.78 Å². The van der Waals surface area contributed by atoms with E-state index in [1.54, 1.807) is 12.1 Å². The normalized spacial score (nSPS) is 11.5. The van der Waals surface area contributed by atoms with Crippen LogP contribution in [0.4, 0.5) is 0 Å². The van der Waals surface area contributed by atoms with Gasteiger partial charge in [0.15, 0.2) is 5.78 Å². The van der Waals surface area contributed by atoms with Crippen molar-refractivity contribution in [2.75, 3.05) is 0 Å². The van der Waals surface area contributed by atoms with E-state index in [1.165, 1.54) is 19.4 Å². The van der Waals surface area contributed by atoms with Gasteiger partial charge in [0.25, 0.3) is 0 Å². The molecule has 0 heterocycles. The second kappa shape index (κ2) is 4.58. The number of aliphatic hydroxyl groups is 1. The summed E-state index contributed by atoms with van der Waals surface area (Å²) >= 11 is 0. The van der Waals surface area contributed by atoms with E-state index in [2.05, 4.69) is 6.92 Å². The second-order valence-electron chi connectivity index (χ2n) is 4.34. The summed E-state index contributed by atoms with van der Waals surface area (Å²) in [4.78, 5) is 11.7. The fourth-order valence-electron chi connectivity index (χ4n) is 1.46. The molecule has 0 radical (unpaired) electrons. The number of benzene rings is 1. The zero-order chi connectivity index (χ0) is 11.5. The fraction of sp³-hybridized carbons (Fsp3) is 0.462. The van der Waals surface area contributed by atoms with Crippen molar-refractivity contribution in [3.63, 3.8) is 0 Å². The largest absolute Gasteiger partial charge is 0.382 e. The quantitative estimate of drug-likeness (QED) is 0.769. The fourth-order valence-corrected chi connectivity index (χ4v) is 1.46. The molecule has 1 aromatic rings. The summed E-state index contributed by atoms with van der Waals surface area (Å²) in [6, 6.07) is 7.46. The first-order chi connectivity index (χ1) is 6.95. The van der Waals surface area contributed by atoms with Crippen molar-refractivity contribution in [1.82, 2.24) is 0 Å². The van der Waals surface area contributed by atoms with Crippen molar-refractivity contribution in [3.8, 4) is 0 Å². The van der Waals surface area contributed by atoms with Crippen molar-refractivity contribution in [1.29, 1.82) is 0 Å². The molecule has 0 spiro atoms. The first kappa shape index (κ1) is 11.9. The van der Waals surface area contributed by atoms with Gasteiger partial charge in [-0.05, 0) is 25.8 Å². The second-order valence-corrected chi connectivity index (χ2v) is 4.34. The molecular weight excluding hydrogens is 188 g/mol. The predicted molar refractivity (Wildman–Crippen MR) is 61.1 cm³/mol. The van der Waals surface area contributed by atoms with Crippen molar-refractivity contribution < 1.29 is 9.90 Å². The summed E-state index contributed by atoms with van der Waals surface area (Å²) in [6.07, 6.45) is 2.12. The highest BCUT2D eigenvalue weighted by atomic mass is 16.3. The van der Waals surface area contributed by atoms with E-state index in [9.17, 15) is 9.90 Å². The molecule has 0 aliphatic rings. The molecule has 15 heavy (non-hydrogen) atoms. The molecule has 0 amide bonds. The Labute approximate surface area is 90.9 Å². The third-order valence-corrected chi connectivity index (χ3v) is 2.31. The Morgan fingerprint density at radius 1 is 1.27 bits per heavy atom. The number of Topliss-reactive ketones (excluding diaryl/α,β-unsaturated/α-hetero) is 1. The zero-order valence-electron chi connectivity index (χ0n) is 9.58. The Hall–Kier alpha value is -1.15. The van der Waals surface area contributed by atoms with Crippen LogP contribution in [-0.4, -0.2) is 16.5 Å². The van der Waals surface area contributed by atoms with E-state index < -0.39 is 5.60 Å². The van der Waals surface area contributed by atoms with Gasteiger partial charge in [-0.15, -0.1) is 0 Å². The number of ketones is 1. The van der Waals surface area contributed by atoms with Gasteiger partial charge in [0, 0.05) is 5.56 Å². The number of rotatable bonds is 4. The Bertz CT molecular complexity index is 331. The Balaban J connectivity index is 2.85. The third-order valence-electron chi connectivity index (χ3n) is 2.31. The molecular formula is C13H18O2. The van der Waals surface area contributed by atoms with Crippen LogP contribution in [0.2, 0.25) is 0 Å². The first-order valence-corrected chi connectivity index (χ1v) is 5.31. The lowest BCUT2D eigenvalue weighted by Crippen LogP contribution is -2.31. The summed E-state index contributed by atoms with van der Waals surface area (Å²) in [5.41, 5.74) is 0.513. The minimum atomic E-state index is -1.29. The minimum absolute atomic E-state index is 0.231. The molecule has 1 rings (SSSR count). The van der Waals surface area contributed by atoms with E-state index in [0.29, 0.717) is 5.56 Å². The minimum Gasteiger partial charge on any atom is -0.382 e. The van der Waals surface area contributed by atoms with E-state index in [0.717, 1.165) is 12.8 Å². The van der Waals surface area contributed by atoms with Crippen molar-refractivity contribution in [3.05, 3.63) is 35.4 Å². The average Bonchev–Trinajstić information content (AvgIpc) is 2.17. The maximum absolute atomic E-state index is 11.7. The molecule has 0 aliphatic carbocycles. The van der Waals surface area contributed by atoms with Crippen LogP contribution in [0.1, 0.15) is 43.1 Å². The summed E-state index contributed by atoms with van der Waals surface area (Å²) in [5, 5.41) is 9.56. The maximum atomic E-state index is 11.7. The lowest BCUT2D eigenvalue weighted by molar-refractivity contribution is 0.0488. The van der Waals surface area contributed by atoms with Crippen LogP contribution in [0.15, 0.2) is 24.3 Å². The Morgan fingerprint density at radius 3 is 2.20 bits per heavy atom. The molecule has 0 bridgehead atoms. The van der Waals surface area contributed by atoms with Gasteiger partial charge in [-0.1, -0.05) is 37.6 Å². The van der Waals surface area contributed by atoms with Gasteiger partial charge in [0.2, 0.25) is 0 Å². The molecule has 0 saturated carbocycles. The molecule has 0 atom stereocenters. The van der Waals surface area contributed by atoms with E-state index >= 15 is 0 Å². The van der Waals surface area contributed by atoms with Crippen LogP contribution >= 0.6 is 0 Å². The van der Waals surface area contributed by atoms with Gasteiger partial charge >= 0.3 is 0 Å². The highest BCUT2D eigenvalue weighted by Gasteiger charge is 2.24. The topological polar surface area (TPSA) is 37.3 Å². The van der Waals surface area contributed by atoms with Gasteiger partial charge < -0.3 is 5.11 Å². The molecule has 1 N–H and O–H groups in total. The van der Waals surface area contributed by atoms with Gasteiger partial charge in [-0.2, -0.15) is 0 Å². The number of carbonyl (C=O) groups is 1. The SMILES string of the molecule is CCCc1ccc(C(=O)C(C)(C)O)cc1. The lowest BCUT2D eigenvalue weighted by Gasteiger charge is -2.15. The highest BCUT2D eigenvalue weighted by Crippen LogP contribution is 2.14. The maximum Gasteiger partial charge on any atom is 0.193 e. The first-order valence-electron chi connectivity index (χ1n) is 5.31. The van der Waals surface area contributed by atoms with Gasteiger partial charge in [-0.25, -0.2) is 0 Å². The number of hydrogen-bond donors (Lipinski definition) is 1. The van der Waals surface area contributed by atoms with Crippen LogP contribution in [0.25, 0.3) is 0 Å². The smallest absolute Gasteiger partial charge is 0.193 e. The number of carbonyl (C=O) groups excluding carboxylic acids is 1. The predicted octanol–water partition coefficient (Wildman–Crippen LogP) is 2.59. The molecule has 1 aromatic carbocycles. The molecule has 2 heteroatoms. The summed E-state index contributed by atoms with van der Waals surface area (Å²) in [6.45, 7) is 5.14.